The molecular weight excluding hydrogens is 426 g/mol. The summed E-state index contributed by atoms with van der Waals surface area (Å²) in [5.74, 6) is -0.308. The molecule has 182 valence electrons. The summed E-state index contributed by atoms with van der Waals surface area (Å²) in [6, 6.07) is 18.6. The Balaban J connectivity index is 0.000000181. The third kappa shape index (κ3) is 8.24. The van der Waals surface area contributed by atoms with Crippen molar-refractivity contribution >= 4 is 34.4 Å². The molecule has 1 fully saturated rings. The van der Waals surface area contributed by atoms with E-state index in [1.165, 1.54) is 31.6 Å². The van der Waals surface area contributed by atoms with E-state index in [1.54, 1.807) is 31.2 Å². The standard InChI is InChI=1S/C10H14N2.C9H11NO2.C8H12N2/c11-9-3-5-10(6-4-9)12-7-1-2-8-12;1-2-12-9(11)7-3-5-8(10)6-4-7;1-5-3-8(10)6(2)4-7(5)9/h3-6H,1-2,7-8,11H2;3-6H,2,10H2,1H3;3-4H,9-10H2,1-2H3. The number of carbonyl (C=O) groups excluding carboxylic acids is 1. The number of rotatable bonds is 3. The van der Waals surface area contributed by atoms with Gasteiger partial charge in [-0.3, -0.25) is 0 Å². The molecule has 1 aliphatic heterocycles. The number of ether oxygens (including phenoxy) is 1. The summed E-state index contributed by atoms with van der Waals surface area (Å²) in [5, 5.41) is 0. The number of nitrogens with two attached hydrogens (primary N) is 4. The second-order valence-electron chi connectivity index (χ2n) is 8.19. The minimum absolute atomic E-state index is 0.308. The first-order valence-corrected chi connectivity index (χ1v) is 11.5. The highest BCUT2D eigenvalue weighted by atomic mass is 16.5. The van der Waals surface area contributed by atoms with Crippen molar-refractivity contribution < 1.29 is 9.53 Å². The van der Waals surface area contributed by atoms with Gasteiger partial charge in [0.2, 0.25) is 0 Å². The van der Waals surface area contributed by atoms with Crippen molar-refractivity contribution in [3.63, 3.8) is 0 Å². The van der Waals surface area contributed by atoms with E-state index < -0.39 is 0 Å². The van der Waals surface area contributed by atoms with E-state index in [2.05, 4.69) is 17.0 Å². The van der Waals surface area contributed by atoms with Crippen LogP contribution in [0, 0.1) is 13.8 Å². The van der Waals surface area contributed by atoms with E-state index in [0.717, 1.165) is 28.2 Å². The molecule has 0 radical (unpaired) electrons. The van der Waals surface area contributed by atoms with Crippen LogP contribution in [0.5, 0.6) is 0 Å². The van der Waals surface area contributed by atoms with E-state index in [4.69, 9.17) is 27.7 Å². The van der Waals surface area contributed by atoms with E-state index >= 15 is 0 Å². The van der Waals surface area contributed by atoms with Gasteiger partial charge in [-0.2, -0.15) is 0 Å². The van der Waals surface area contributed by atoms with Crippen LogP contribution in [0.15, 0.2) is 60.7 Å². The summed E-state index contributed by atoms with van der Waals surface area (Å²) >= 11 is 0. The quantitative estimate of drug-likeness (QED) is 0.324. The van der Waals surface area contributed by atoms with Crippen molar-refractivity contribution in [1.82, 2.24) is 0 Å². The van der Waals surface area contributed by atoms with Gasteiger partial charge in [-0.15, -0.1) is 0 Å². The summed E-state index contributed by atoms with van der Waals surface area (Å²) < 4.78 is 4.79. The fraction of sp³-hybridized carbons (Fsp3) is 0.296. The Labute approximate surface area is 202 Å². The smallest absolute Gasteiger partial charge is 0.338 e. The molecule has 4 rings (SSSR count). The van der Waals surface area contributed by atoms with Gasteiger partial charge in [0.15, 0.2) is 0 Å². The second-order valence-corrected chi connectivity index (χ2v) is 8.19. The SMILES string of the molecule is CCOC(=O)c1ccc(N)cc1.Cc1cc(N)c(C)cc1N.Nc1ccc(N2CCCC2)cc1. The van der Waals surface area contributed by atoms with Gasteiger partial charge in [0, 0.05) is 41.5 Å². The van der Waals surface area contributed by atoms with Crippen LogP contribution in [0.25, 0.3) is 0 Å². The summed E-state index contributed by atoms with van der Waals surface area (Å²) in [5.41, 5.74) is 29.4. The molecule has 7 nitrogen and oxygen atoms in total. The van der Waals surface area contributed by atoms with Gasteiger partial charge in [0.1, 0.15) is 0 Å². The fourth-order valence-corrected chi connectivity index (χ4v) is 3.35. The molecule has 7 heteroatoms. The van der Waals surface area contributed by atoms with E-state index in [9.17, 15) is 4.79 Å². The molecule has 1 heterocycles. The van der Waals surface area contributed by atoms with Gasteiger partial charge in [0.25, 0.3) is 0 Å². The minimum Gasteiger partial charge on any atom is -0.462 e. The summed E-state index contributed by atoms with van der Waals surface area (Å²) in [4.78, 5) is 13.5. The first kappa shape index (κ1) is 26.4. The van der Waals surface area contributed by atoms with Gasteiger partial charge in [-0.1, -0.05) is 0 Å². The Bertz CT molecular complexity index is 994. The zero-order valence-electron chi connectivity index (χ0n) is 20.4. The topological polar surface area (TPSA) is 134 Å². The molecule has 0 saturated carbocycles. The normalized spacial score (nSPS) is 12.1. The van der Waals surface area contributed by atoms with E-state index in [-0.39, 0.29) is 5.97 Å². The highest BCUT2D eigenvalue weighted by molar-refractivity contribution is 5.89. The Morgan fingerprint density at radius 3 is 1.68 bits per heavy atom. The molecule has 1 saturated heterocycles. The molecule has 0 bridgehead atoms. The van der Waals surface area contributed by atoms with Crippen molar-refractivity contribution in [3.05, 3.63) is 77.4 Å². The molecule has 8 N–H and O–H groups in total. The lowest BCUT2D eigenvalue weighted by atomic mass is 10.1. The van der Waals surface area contributed by atoms with E-state index in [1.807, 2.05) is 38.1 Å². The van der Waals surface area contributed by atoms with Crippen LogP contribution in [0.4, 0.5) is 28.4 Å². The van der Waals surface area contributed by atoms with E-state index in [0.29, 0.717) is 17.9 Å². The Morgan fingerprint density at radius 2 is 1.24 bits per heavy atom. The molecule has 0 aliphatic carbocycles. The van der Waals surface area contributed by atoms with Gasteiger partial charge in [0.05, 0.1) is 12.2 Å². The molecule has 3 aromatic rings. The second kappa shape index (κ2) is 13.0. The van der Waals surface area contributed by atoms with Gasteiger partial charge < -0.3 is 32.6 Å². The molecule has 0 amide bonds. The number of nitrogen functional groups attached to an aromatic ring is 4. The number of nitrogens with zero attached hydrogens (tertiary/aromatic N) is 1. The van der Waals surface area contributed by atoms with Crippen LogP contribution in [0.1, 0.15) is 41.3 Å². The van der Waals surface area contributed by atoms with Crippen molar-refractivity contribution in [2.75, 3.05) is 47.5 Å². The zero-order chi connectivity index (χ0) is 25.1. The average Bonchev–Trinajstić information content (AvgIpc) is 3.35. The molecule has 0 spiro atoms. The lowest BCUT2D eigenvalue weighted by Crippen LogP contribution is -2.17. The first-order chi connectivity index (χ1) is 16.2. The fourth-order valence-electron chi connectivity index (χ4n) is 3.35. The third-order valence-corrected chi connectivity index (χ3v) is 5.44. The number of anilines is 5. The lowest BCUT2D eigenvalue weighted by molar-refractivity contribution is 0.0526. The van der Waals surface area contributed by atoms with Crippen molar-refractivity contribution in [2.45, 2.75) is 33.6 Å². The Kier molecular flexibility index (Phi) is 10.1. The lowest BCUT2D eigenvalue weighted by Gasteiger charge is -2.17. The first-order valence-electron chi connectivity index (χ1n) is 11.5. The molecule has 0 atom stereocenters. The number of hydrogen-bond donors (Lipinski definition) is 4. The molecule has 1 aliphatic rings. The molecule has 0 unspecified atom stereocenters. The maximum atomic E-state index is 11.1. The van der Waals surface area contributed by atoms with Gasteiger partial charge >= 0.3 is 5.97 Å². The van der Waals surface area contributed by atoms with Crippen LogP contribution < -0.4 is 27.8 Å². The third-order valence-electron chi connectivity index (χ3n) is 5.44. The maximum absolute atomic E-state index is 11.1. The molecule has 3 aromatic carbocycles. The monoisotopic (exact) mass is 463 g/mol. The summed E-state index contributed by atoms with van der Waals surface area (Å²) in [6.07, 6.45) is 2.65. The van der Waals surface area contributed by atoms with Crippen LogP contribution in [-0.4, -0.2) is 25.7 Å². The van der Waals surface area contributed by atoms with Gasteiger partial charge in [-0.25, -0.2) is 4.79 Å². The number of carbonyl (C=O) groups is 1. The van der Waals surface area contributed by atoms with Crippen molar-refractivity contribution in [3.8, 4) is 0 Å². The van der Waals surface area contributed by atoms with Crippen LogP contribution in [-0.2, 0) is 4.74 Å². The highest BCUT2D eigenvalue weighted by Crippen LogP contribution is 2.21. The highest BCUT2D eigenvalue weighted by Gasteiger charge is 2.11. The van der Waals surface area contributed by atoms with Crippen molar-refractivity contribution in [1.29, 1.82) is 0 Å². The number of hydrogen-bond acceptors (Lipinski definition) is 7. The van der Waals surface area contributed by atoms with Gasteiger partial charge in [-0.05, 0) is 105 Å². The average molecular weight is 464 g/mol. The predicted molar refractivity (Wildman–Crippen MR) is 144 cm³/mol. The Hall–Kier alpha value is -3.87. The number of esters is 1. The van der Waals surface area contributed by atoms with Crippen LogP contribution in [0.2, 0.25) is 0 Å². The minimum atomic E-state index is -0.308. The van der Waals surface area contributed by atoms with Crippen LogP contribution in [0.3, 0.4) is 0 Å². The number of benzene rings is 3. The summed E-state index contributed by atoms with van der Waals surface area (Å²) in [6.45, 7) is 8.46. The Morgan fingerprint density at radius 1 is 0.794 bits per heavy atom. The zero-order valence-corrected chi connectivity index (χ0v) is 20.4. The predicted octanol–water partition coefficient (Wildman–Crippen LogP) is 4.78. The summed E-state index contributed by atoms with van der Waals surface area (Å²) in [7, 11) is 0. The van der Waals surface area contributed by atoms with Crippen LogP contribution >= 0.6 is 0 Å². The maximum Gasteiger partial charge on any atom is 0.338 e. The molecule has 34 heavy (non-hydrogen) atoms. The van der Waals surface area contributed by atoms with Crippen molar-refractivity contribution in [2.24, 2.45) is 0 Å². The molecule has 0 aromatic heterocycles. The largest absolute Gasteiger partial charge is 0.462 e. The molecular formula is C27H37N5O2. The number of aryl methyl sites for hydroxylation is 2.